The minimum atomic E-state index is -1.69. The van der Waals surface area contributed by atoms with Crippen LogP contribution in [0.1, 0.15) is 21.5 Å². The quantitative estimate of drug-likeness (QED) is 0.736. The molecule has 2 aromatic carbocycles. The number of ketones is 1. The number of hydrogen-bond donors (Lipinski definition) is 2. The van der Waals surface area contributed by atoms with Crippen LogP contribution in [0.3, 0.4) is 0 Å². The highest BCUT2D eigenvalue weighted by molar-refractivity contribution is 6.32. The number of rotatable bonds is 0. The molecule has 5 rings (SSSR count). The maximum Gasteiger partial charge on any atom is 0.245 e. The van der Waals surface area contributed by atoms with Gasteiger partial charge in [-0.05, 0) is 18.2 Å². The predicted octanol–water partition coefficient (Wildman–Crippen LogP) is 2.86. The number of nitrogens with zero attached hydrogens (tertiary/aromatic N) is 1. The third-order valence-electron chi connectivity index (χ3n) is 5.17. The molecule has 3 aliphatic rings. The van der Waals surface area contributed by atoms with E-state index in [1.165, 1.54) is 0 Å². The molecule has 3 N–H and O–H groups in total. The van der Waals surface area contributed by atoms with E-state index in [-0.39, 0.29) is 28.6 Å². The molecular formula is C20H10ClN3O3. The van der Waals surface area contributed by atoms with E-state index in [0.29, 0.717) is 27.4 Å². The number of carbonyl (C=O) groups excluding carboxylic acids is 2. The molecule has 1 atom stereocenters. The lowest BCUT2D eigenvalue weighted by Gasteiger charge is -2.32. The predicted molar refractivity (Wildman–Crippen MR) is 97.4 cm³/mol. The van der Waals surface area contributed by atoms with Crippen molar-refractivity contribution in [1.82, 2.24) is 0 Å². The molecule has 0 radical (unpaired) electrons. The number of nitrogens with one attached hydrogen (secondary N) is 1. The van der Waals surface area contributed by atoms with E-state index in [4.69, 9.17) is 22.1 Å². The Morgan fingerprint density at radius 3 is 2.63 bits per heavy atom. The number of carbonyl (C=O) groups is 2. The Labute approximate surface area is 158 Å². The standard InChI is InChI=1S/C20H10ClN3O3/c21-9-5-6-14-12(7-9)20(19(26)24-14)13(8-22)18(23)27-17-11-4-2-1-3-10(11)16(25)15(17)20/h1-7H,23H2,(H,24,26). The molecule has 2 aromatic rings. The summed E-state index contributed by atoms with van der Waals surface area (Å²) in [5.74, 6) is -0.904. The van der Waals surface area contributed by atoms with Crippen molar-refractivity contribution < 1.29 is 14.3 Å². The number of nitriles is 1. The van der Waals surface area contributed by atoms with Crippen molar-refractivity contribution >= 4 is 34.7 Å². The zero-order valence-electron chi connectivity index (χ0n) is 13.7. The Hall–Kier alpha value is -3.56. The molecule has 0 saturated heterocycles. The Kier molecular flexibility index (Phi) is 2.90. The van der Waals surface area contributed by atoms with Gasteiger partial charge in [0.2, 0.25) is 11.8 Å². The fraction of sp³-hybridized carbons (Fsp3) is 0.0500. The normalized spacial score (nSPS) is 22.2. The average Bonchev–Trinajstić information content (AvgIpc) is 3.09. The van der Waals surface area contributed by atoms with Gasteiger partial charge in [-0.25, -0.2) is 0 Å². The molecule has 2 heterocycles. The first-order valence-electron chi connectivity index (χ1n) is 8.08. The van der Waals surface area contributed by atoms with Gasteiger partial charge in [0.15, 0.2) is 5.78 Å². The zero-order valence-corrected chi connectivity index (χ0v) is 14.4. The van der Waals surface area contributed by atoms with Gasteiger partial charge in [-0.2, -0.15) is 5.26 Å². The van der Waals surface area contributed by atoms with Crippen LogP contribution in [-0.2, 0) is 14.9 Å². The molecule has 1 aliphatic carbocycles. The summed E-state index contributed by atoms with van der Waals surface area (Å²) in [6, 6.07) is 13.7. The highest BCUT2D eigenvalue weighted by Crippen LogP contribution is 2.56. The van der Waals surface area contributed by atoms with Gasteiger partial charge in [0.1, 0.15) is 22.8 Å². The highest BCUT2D eigenvalue weighted by atomic mass is 35.5. The highest BCUT2D eigenvalue weighted by Gasteiger charge is 2.61. The van der Waals surface area contributed by atoms with E-state index >= 15 is 0 Å². The molecule has 1 amide bonds. The van der Waals surface area contributed by atoms with Gasteiger partial charge >= 0.3 is 0 Å². The number of benzene rings is 2. The number of Topliss-reactive ketones (excluding diaryl/α,β-unsaturated/α-hetero) is 1. The first kappa shape index (κ1) is 15.7. The van der Waals surface area contributed by atoms with E-state index < -0.39 is 11.3 Å². The fourth-order valence-electron chi connectivity index (χ4n) is 4.08. The number of nitrogens with two attached hydrogens (primary N) is 1. The second-order valence-electron chi connectivity index (χ2n) is 6.43. The lowest BCUT2D eigenvalue weighted by atomic mass is 9.67. The molecule has 0 fully saturated rings. The third-order valence-corrected chi connectivity index (χ3v) is 5.40. The van der Waals surface area contributed by atoms with Crippen molar-refractivity contribution in [3.63, 3.8) is 0 Å². The summed E-state index contributed by atoms with van der Waals surface area (Å²) in [7, 11) is 0. The van der Waals surface area contributed by atoms with Crippen LogP contribution in [0.15, 0.2) is 59.5 Å². The van der Waals surface area contributed by atoms with Crippen LogP contribution in [0, 0.1) is 11.3 Å². The smallest absolute Gasteiger partial charge is 0.245 e. The summed E-state index contributed by atoms with van der Waals surface area (Å²) in [5.41, 5.74) is 6.14. The molecule has 1 unspecified atom stereocenters. The third kappa shape index (κ3) is 1.69. The van der Waals surface area contributed by atoms with Crippen molar-refractivity contribution in [3.05, 3.63) is 81.2 Å². The summed E-state index contributed by atoms with van der Waals surface area (Å²) >= 11 is 6.17. The Bertz CT molecular complexity index is 1210. The van der Waals surface area contributed by atoms with Crippen LogP contribution < -0.4 is 11.1 Å². The van der Waals surface area contributed by atoms with Gasteiger partial charge in [0.25, 0.3) is 0 Å². The van der Waals surface area contributed by atoms with Crippen molar-refractivity contribution in [1.29, 1.82) is 5.26 Å². The van der Waals surface area contributed by atoms with Crippen LogP contribution >= 0.6 is 11.6 Å². The molecule has 130 valence electrons. The Morgan fingerprint density at radius 1 is 1.15 bits per heavy atom. The molecule has 2 aliphatic heterocycles. The van der Waals surface area contributed by atoms with Crippen LogP contribution in [0.2, 0.25) is 5.02 Å². The number of ether oxygens (including phenoxy) is 1. The van der Waals surface area contributed by atoms with E-state index in [1.54, 1.807) is 42.5 Å². The average molecular weight is 376 g/mol. The maximum atomic E-state index is 13.3. The van der Waals surface area contributed by atoms with Gasteiger partial charge in [0.05, 0.1) is 5.57 Å². The lowest BCUT2D eigenvalue weighted by Crippen LogP contribution is -2.44. The van der Waals surface area contributed by atoms with E-state index in [9.17, 15) is 14.9 Å². The maximum absolute atomic E-state index is 13.3. The first-order valence-corrected chi connectivity index (χ1v) is 8.46. The molecule has 27 heavy (non-hydrogen) atoms. The van der Waals surface area contributed by atoms with E-state index in [2.05, 4.69) is 5.32 Å². The monoisotopic (exact) mass is 375 g/mol. The second kappa shape index (κ2) is 5.00. The van der Waals surface area contributed by atoms with Crippen LogP contribution in [0.5, 0.6) is 0 Å². The Balaban J connectivity index is 1.93. The summed E-state index contributed by atoms with van der Waals surface area (Å²) in [6.07, 6.45) is 0. The van der Waals surface area contributed by atoms with Crippen molar-refractivity contribution in [3.8, 4) is 6.07 Å². The Morgan fingerprint density at radius 2 is 1.89 bits per heavy atom. The van der Waals surface area contributed by atoms with Gasteiger partial charge in [-0.1, -0.05) is 35.9 Å². The van der Waals surface area contributed by atoms with E-state index in [0.717, 1.165) is 0 Å². The largest absolute Gasteiger partial charge is 0.439 e. The molecule has 7 heteroatoms. The van der Waals surface area contributed by atoms with Gasteiger partial charge in [-0.15, -0.1) is 0 Å². The molecular weight excluding hydrogens is 366 g/mol. The summed E-state index contributed by atoms with van der Waals surface area (Å²) < 4.78 is 5.67. The zero-order chi connectivity index (χ0) is 18.9. The van der Waals surface area contributed by atoms with Crippen molar-refractivity contribution in [2.75, 3.05) is 5.32 Å². The second-order valence-corrected chi connectivity index (χ2v) is 6.86. The van der Waals surface area contributed by atoms with Gasteiger partial charge in [0, 0.05) is 27.4 Å². The lowest BCUT2D eigenvalue weighted by molar-refractivity contribution is -0.118. The summed E-state index contributed by atoms with van der Waals surface area (Å²) in [6.45, 7) is 0. The van der Waals surface area contributed by atoms with Crippen LogP contribution in [-0.4, -0.2) is 11.7 Å². The van der Waals surface area contributed by atoms with Crippen molar-refractivity contribution in [2.24, 2.45) is 5.73 Å². The molecule has 0 saturated carbocycles. The summed E-state index contributed by atoms with van der Waals surface area (Å²) in [4.78, 5) is 26.5. The van der Waals surface area contributed by atoms with E-state index in [1.807, 2.05) is 6.07 Å². The van der Waals surface area contributed by atoms with Crippen LogP contribution in [0.4, 0.5) is 5.69 Å². The molecule has 0 aromatic heterocycles. The number of fused-ring (bicyclic) bond motifs is 5. The minimum absolute atomic E-state index is 0.0907. The van der Waals surface area contributed by atoms with Gasteiger partial charge in [-0.3, -0.25) is 9.59 Å². The number of halogens is 1. The number of hydrogen-bond acceptors (Lipinski definition) is 5. The van der Waals surface area contributed by atoms with Gasteiger partial charge < -0.3 is 15.8 Å². The minimum Gasteiger partial charge on any atom is -0.439 e. The van der Waals surface area contributed by atoms with Crippen LogP contribution in [0.25, 0.3) is 5.76 Å². The van der Waals surface area contributed by atoms with Crippen molar-refractivity contribution in [2.45, 2.75) is 5.41 Å². The summed E-state index contributed by atoms with van der Waals surface area (Å²) in [5, 5.41) is 12.9. The SMILES string of the molecule is N#CC1=C(N)OC2=C(C(=O)c3ccccc32)C12C(=O)Nc1ccc(Cl)cc12. The molecule has 1 spiro atoms. The molecule has 0 bridgehead atoms. The number of anilines is 1. The first-order chi connectivity index (χ1) is 13.0. The number of amides is 1. The fourth-order valence-corrected chi connectivity index (χ4v) is 4.25. The molecule has 6 nitrogen and oxygen atoms in total. The topological polar surface area (TPSA) is 105 Å².